The third kappa shape index (κ3) is 1.98. The lowest BCUT2D eigenvalue weighted by molar-refractivity contribution is 0.541. The van der Waals surface area contributed by atoms with E-state index in [1.807, 2.05) is 11.6 Å². The summed E-state index contributed by atoms with van der Waals surface area (Å²) in [6, 6.07) is 0. The molecule has 0 atom stereocenters. The molecule has 0 aliphatic rings. The van der Waals surface area contributed by atoms with Gasteiger partial charge in [-0.2, -0.15) is 5.10 Å². The number of hydrogen-bond donors (Lipinski definition) is 0. The van der Waals surface area contributed by atoms with Crippen molar-refractivity contribution in [2.45, 2.75) is 39.7 Å². The van der Waals surface area contributed by atoms with E-state index in [9.17, 15) is 0 Å². The third-order valence-electron chi connectivity index (χ3n) is 1.94. The van der Waals surface area contributed by atoms with Crippen LogP contribution in [-0.4, -0.2) is 17.6 Å². The predicted molar refractivity (Wildman–Crippen MR) is 59.7 cm³/mol. The summed E-state index contributed by atoms with van der Waals surface area (Å²) in [6.07, 6.45) is 0. The summed E-state index contributed by atoms with van der Waals surface area (Å²) in [7, 11) is 5.86. The van der Waals surface area contributed by atoms with Crippen LogP contribution in [0, 0.1) is 0 Å². The van der Waals surface area contributed by atoms with Crippen LogP contribution in [-0.2, 0) is 12.0 Å². The number of rotatable bonds is 1. The van der Waals surface area contributed by atoms with E-state index in [0.29, 0.717) is 5.59 Å². The molecule has 1 rings (SSSR count). The second-order valence-electron chi connectivity index (χ2n) is 4.11. The fourth-order valence-electron chi connectivity index (χ4n) is 1.17. The maximum atomic E-state index is 5.86. The maximum absolute atomic E-state index is 5.86. The molecule has 0 fully saturated rings. The fraction of sp³-hybridized carbons (Fsp3) is 0.667. The first kappa shape index (κ1) is 10.8. The van der Waals surface area contributed by atoms with Crippen LogP contribution in [0.1, 0.15) is 33.4 Å². The highest BCUT2D eigenvalue weighted by Gasteiger charge is 2.22. The molecule has 0 bridgehead atoms. The van der Waals surface area contributed by atoms with Gasteiger partial charge >= 0.3 is 0 Å². The van der Waals surface area contributed by atoms with E-state index in [1.54, 1.807) is 0 Å². The van der Waals surface area contributed by atoms with Crippen molar-refractivity contribution >= 4 is 29.4 Å². The minimum absolute atomic E-state index is 0.0351. The molecule has 0 amide bonds. The Hall–Kier alpha value is -0.245. The van der Waals surface area contributed by atoms with Crippen molar-refractivity contribution in [1.29, 1.82) is 0 Å². The molecule has 0 aliphatic carbocycles. The molecule has 0 aliphatic heterocycles. The molecule has 0 spiro atoms. The fourth-order valence-corrected chi connectivity index (χ4v) is 2.05. The lowest BCUT2D eigenvalue weighted by Crippen LogP contribution is -2.17. The summed E-state index contributed by atoms with van der Waals surface area (Å²) >= 11 is 3.47. The van der Waals surface area contributed by atoms with Gasteiger partial charge in [-0.3, -0.25) is 4.68 Å². The highest BCUT2D eigenvalue weighted by molar-refractivity contribution is 9.10. The number of halogens is 1. The second-order valence-corrected chi connectivity index (χ2v) is 4.91. The Morgan fingerprint density at radius 2 is 2.00 bits per heavy atom. The minimum Gasteiger partial charge on any atom is -0.279 e. The highest BCUT2D eigenvalue weighted by atomic mass is 79.9. The van der Waals surface area contributed by atoms with Crippen LogP contribution in [0.5, 0.6) is 0 Å². The molecular formula is C9H14BBrN2. The SMILES string of the molecule is [B]c1c(Br)c(C(C)(C)C)nn1CC. The smallest absolute Gasteiger partial charge is 0.142 e. The lowest BCUT2D eigenvalue weighted by atomic mass is 9.90. The van der Waals surface area contributed by atoms with Crippen LogP contribution in [0.4, 0.5) is 0 Å². The molecule has 4 heteroatoms. The number of aryl methyl sites for hydroxylation is 1. The average Bonchev–Trinajstić information content (AvgIpc) is 2.28. The van der Waals surface area contributed by atoms with E-state index in [-0.39, 0.29) is 5.41 Å². The lowest BCUT2D eigenvalue weighted by Gasteiger charge is -2.15. The molecule has 1 aromatic heterocycles. The molecule has 0 unspecified atom stereocenters. The number of nitrogens with zero attached hydrogens (tertiary/aromatic N) is 2. The van der Waals surface area contributed by atoms with Crippen molar-refractivity contribution in [2.75, 3.05) is 0 Å². The highest BCUT2D eigenvalue weighted by Crippen LogP contribution is 2.26. The molecule has 70 valence electrons. The van der Waals surface area contributed by atoms with Gasteiger partial charge in [0.25, 0.3) is 0 Å². The van der Waals surface area contributed by atoms with E-state index >= 15 is 0 Å². The molecule has 2 radical (unpaired) electrons. The van der Waals surface area contributed by atoms with E-state index in [0.717, 1.165) is 16.7 Å². The van der Waals surface area contributed by atoms with Gasteiger partial charge in [0, 0.05) is 12.0 Å². The van der Waals surface area contributed by atoms with Crippen molar-refractivity contribution in [3.05, 3.63) is 10.2 Å². The largest absolute Gasteiger partial charge is 0.279 e. The Morgan fingerprint density at radius 1 is 1.46 bits per heavy atom. The summed E-state index contributed by atoms with van der Waals surface area (Å²) in [5, 5.41) is 4.44. The number of aromatic nitrogens is 2. The van der Waals surface area contributed by atoms with Crippen LogP contribution in [0.25, 0.3) is 0 Å². The summed E-state index contributed by atoms with van der Waals surface area (Å²) in [6.45, 7) is 9.21. The molecule has 0 saturated carbocycles. The predicted octanol–water partition coefficient (Wildman–Crippen LogP) is 1.76. The van der Waals surface area contributed by atoms with Gasteiger partial charge in [-0.1, -0.05) is 20.8 Å². The maximum Gasteiger partial charge on any atom is 0.142 e. The van der Waals surface area contributed by atoms with Crippen molar-refractivity contribution in [2.24, 2.45) is 0 Å². The van der Waals surface area contributed by atoms with Crippen LogP contribution < -0.4 is 5.59 Å². The summed E-state index contributed by atoms with van der Waals surface area (Å²) in [5.74, 6) is 0. The molecule has 0 aromatic carbocycles. The average molecular weight is 241 g/mol. The molecule has 0 N–H and O–H groups in total. The van der Waals surface area contributed by atoms with Gasteiger partial charge in [-0.25, -0.2) is 0 Å². The van der Waals surface area contributed by atoms with Gasteiger partial charge in [-0.05, 0) is 28.4 Å². The van der Waals surface area contributed by atoms with Gasteiger partial charge in [0.1, 0.15) is 7.85 Å². The normalized spacial score (nSPS) is 12.1. The molecule has 13 heavy (non-hydrogen) atoms. The Kier molecular flexibility index (Phi) is 2.90. The van der Waals surface area contributed by atoms with Crippen LogP contribution in [0.15, 0.2) is 4.47 Å². The summed E-state index contributed by atoms with van der Waals surface area (Å²) in [4.78, 5) is 0. The molecular weight excluding hydrogens is 227 g/mol. The Labute approximate surface area is 89.2 Å². The van der Waals surface area contributed by atoms with Crippen LogP contribution in [0.2, 0.25) is 0 Å². The summed E-state index contributed by atoms with van der Waals surface area (Å²) < 4.78 is 2.74. The molecule has 1 heterocycles. The van der Waals surface area contributed by atoms with Gasteiger partial charge in [-0.15, -0.1) is 0 Å². The van der Waals surface area contributed by atoms with Gasteiger partial charge in [0.2, 0.25) is 0 Å². The van der Waals surface area contributed by atoms with Gasteiger partial charge < -0.3 is 0 Å². The third-order valence-corrected chi connectivity index (χ3v) is 2.72. The monoisotopic (exact) mass is 240 g/mol. The number of hydrogen-bond acceptors (Lipinski definition) is 1. The van der Waals surface area contributed by atoms with Crippen LogP contribution in [0.3, 0.4) is 0 Å². The zero-order valence-corrected chi connectivity index (χ0v) is 10.1. The molecule has 0 saturated heterocycles. The first-order valence-electron chi connectivity index (χ1n) is 4.40. The van der Waals surface area contributed by atoms with E-state index < -0.39 is 0 Å². The summed E-state index contributed by atoms with van der Waals surface area (Å²) in [5.41, 5.74) is 1.77. The molecule has 1 aromatic rings. The van der Waals surface area contributed by atoms with E-state index in [1.165, 1.54) is 0 Å². The Balaban J connectivity index is 3.25. The van der Waals surface area contributed by atoms with E-state index in [2.05, 4.69) is 41.8 Å². The van der Waals surface area contributed by atoms with Crippen molar-refractivity contribution in [3.63, 3.8) is 0 Å². The van der Waals surface area contributed by atoms with E-state index in [4.69, 9.17) is 7.85 Å². The van der Waals surface area contributed by atoms with Crippen molar-refractivity contribution < 1.29 is 0 Å². The first-order valence-corrected chi connectivity index (χ1v) is 5.19. The van der Waals surface area contributed by atoms with Crippen LogP contribution >= 0.6 is 15.9 Å². The quantitative estimate of drug-likeness (QED) is 0.685. The Morgan fingerprint density at radius 3 is 2.23 bits per heavy atom. The first-order chi connectivity index (χ1) is 5.88. The molecule has 2 nitrogen and oxygen atoms in total. The Bertz CT molecular complexity index is 312. The van der Waals surface area contributed by atoms with Gasteiger partial charge in [0.05, 0.1) is 10.2 Å². The van der Waals surface area contributed by atoms with Gasteiger partial charge in [0.15, 0.2) is 0 Å². The zero-order valence-electron chi connectivity index (χ0n) is 8.56. The second kappa shape index (κ2) is 3.48. The van der Waals surface area contributed by atoms with Crippen molar-refractivity contribution in [1.82, 2.24) is 9.78 Å². The minimum atomic E-state index is 0.0351. The van der Waals surface area contributed by atoms with Crippen molar-refractivity contribution in [3.8, 4) is 0 Å². The zero-order chi connectivity index (χ0) is 10.2. The topological polar surface area (TPSA) is 17.8 Å². The standard InChI is InChI=1S/C9H14BBrN2/c1-5-13-8(10)6(11)7(12-13)9(2,3)4/h5H2,1-4H3.